The van der Waals surface area contributed by atoms with Gasteiger partial charge in [0.25, 0.3) is 0 Å². The molecular weight excluding hydrogens is 452 g/mol. The summed E-state index contributed by atoms with van der Waals surface area (Å²) in [5.41, 5.74) is 2.49. The maximum Gasteiger partial charge on any atom is 0.354 e. The van der Waals surface area contributed by atoms with Gasteiger partial charge in [-0.1, -0.05) is 43.6 Å². The van der Waals surface area contributed by atoms with Gasteiger partial charge in [0.1, 0.15) is 5.82 Å². The van der Waals surface area contributed by atoms with Crippen LogP contribution in [0, 0.1) is 0 Å². The van der Waals surface area contributed by atoms with E-state index in [4.69, 9.17) is 11.6 Å². The van der Waals surface area contributed by atoms with Crippen LogP contribution in [0.25, 0.3) is 16.6 Å². The van der Waals surface area contributed by atoms with Gasteiger partial charge in [-0.3, -0.25) is 4.57 Å². The van der Waals surface area contributed by atoms with Crippen LogP contribution in [0.4, 0.5) is 5.82 Å². The average molecular weight is 476 g/mol. The number of hydrogen-bond donors (Lipinski definition) is 1. The zero-order valence-corrected chi connectivity index (χ0v) is 19.1. The highest BCUT2D eigenvalue weighted by Crippen LogP contribution is 2.34. The molecule has 152 valence electrons. The van der Waals surface area contributed by atoms with E-state index in [2.05, 4.69) is 58.0 Å². The molecule has 1 atom stereocenters. The van der Waals surface area contributed by atoms with Gasteiger partial charge in [-0.15, -0.1) is 0 Å². The molecule has 0 aliphatic carbocycles. The zero-order valence-electron chi connectivity index (χ0n) is 16.7. The Hall–Kier alpha value is -1.89. The molecule has 0 spiro atoms. The highest BCUT2D eigenvalue weighted by molar-refractivity contribution is 9.10. The molecule has 7 heteroatoms. The van der Waals surface area contributed by atoms with Crippen molar-refractivity contribution in [1.29, 1.82) is 0 Å². The number of para-hydroxylation sites is 1. The topological polar surface area (TPSA) is 50.2 Å². The molecule has 1 saturated heterocycles. The van der Waals surface area contributed by atoms with Crippen molar-refractivity contribution < 1.29 is 0 Å². The lowest BCUT2D eigenvalue weighted by Gasteiger charge is -2.35. The minimum absolute atomic E-state index is 0.236. The predicted molar refractivity (Wildman–Crippen MR) is 124 cm³/mol. The molecular formula is C22H24BrClN4O. The molecule has 0 saturated carbocycles. The van der Waals surface area contributed by atoms with Gasteiger partial charge in [-0.25, -0.2) is 4.79 Å². The molecule has 1 N–H and O–H groups in total. The number of hydrogen-bond acceptors (Lipinski definition) is 4. The van der Waals surface area contributed by atoms with Gasteiger partial charge in [0.05, 0.1) is 16.2 Å². The van der Waals surface area contributed by atoms with E-state index in [0.717, 1.165) is 46.3 Å². The highest BCUT2D eigenvalue weighted by atomic mass is 79.9. The molecule has 1 fully saturated rings. The summed E-state index contributed by atoms with van der Waals surface area (Å²) < 4.78 is 2.47. The van der Waals surface area contributed by atoms with E-state index in [1.54, 1.807) is 4.57 Å². The largest absolute Gasteiger partial charge is 0.354 e. The Morgan fingerprint density at radius 2 is 2.03 bits per heavy atom. The predicted octanol–water partition coefficient (Wildman–Crippen LogP) is 4.72. The normalized spacial score (nSPS) is 17.3. The minimum atomic E-state index is -0.277. The fourth-order valence-electron chi connectivity index (χ4n) is 3.99. The van der Waals surface area contributed by atoms with Crippen LogP contribution < -0.4 is 15.9 Å². The summed E-state index contributed by atoms with van der Waals surface area (Å²) in [6.45, 7) is 8.90. The van der Waals surface area contributed by atoms with Gasteiger partial charge in [0.2, 0.25) is 0 Å². The monoisotopic (exact) mass is 474 g/mol. The van der Waals surface area contributed by atoms with Crippen LogP contribution in [-0.2, 0) is 0 Å². The van der Waals surface area contributed by atoms with E-state index >= 15 is 0 Å². The molecule has 2 aromatic carbocycles. The van der Waals surface area contributed by atoms with Crippen molar-refractivity contribution >= 4 is 44.3 Å². The smallest absolute Gasteiger partial charge is 0.351 e. The van der Waals surface area contributed by atoms with E-state index in [-0.39, 0.29) is 17.6 Å². The molecule has 0 unspecified atom stereocenters. The van der Waals surface area contributed by atoms with Crippen molar-refractivity contribution in [2.75, 3.05) is 24.5 Å². The molecule has 29 heavy (non-hydrogen) atoms. The van der Waals surface area contributed by atoms with Crippen LogP contribution in [0.2, 0.25) is 5.02 Å². The first-order valence-electron chi connectivity index (χ1n) is 9.87. The van der Waals surface area contributed by atoms with E-state index < -0.39 is 0 Å². The number of rotatable bonds is 3. The quantitative estimate of drug-likeness (QED) is 0.595. The summed E-state index contributed by atoms with van der Waals surface area (Å²) in [5, 5.41) is 4.87. The second-order valence-electron chi connectivity index (χ2n) is 7.80. The molecule has 1 aromatic heterocycles. The molecule has 3 aromatic rings. The molecule has 1 aliphatic rings. The Labute approximate surface area is 183 Å². The molecule has 0 amide bonds. The van der Waals surface area contributed by atoms with Crippen LogP contribution in [0.3, 0.4) is 0 Å². The van der Waals surface area contributed by atoms with Gasteiger partial charge in [0, 0.05) is 35.5 Å². The number of fused-ring (bicyclic) bond motifs is 1. The fourth-order valence-corrected chi connectivity index (χ4v) is 4.49. The second-order valence-corrected chi connectivity index (χ2v) is 9.06. The molecule has 1 aliphatic heterocycles. The molecule has 2 heterocycles. The van der Waals surface area contributed by atoms with Gasteiger partial charge in [-0.05, 0) is 52.5 Å². The maximum absolute atomic E-state index is 13.3. The van der Waals surface area contributed by atoms with Gasteiger partial charge < -0.3 is 10.2 Å². The zero-order chi connectivity index (χ0) is 20.7. The number of halogens is 2. The lowest BCUT2D eigenvalue weighted by atomic mass is 10.0. The van der Waals surface area contributed by atoms with Crippen LogP contribution in [-0.4, -0.2) is 35.2 Å². The third kappa shape index (κ3) is 3.69. The summed E-state index contributed by atoms with van der Waals surface area (Å²) in [6, 6.07) is 12.1. The third-order valence-electron chi connectivity index (χ3n) is 5.49. The van der Waals surface area contributed by atoms with Gasteiger partial charge >= 0.3 is 5.69 Å². The lowest BCUT2D eigenvalue weighted by Crippen LogP contribution is -2.50. The van der Waals surface area contributed by atoms with E-state index in [1.807, 2.05) is 30.3 Å². The van der Waals surface area contributed by atoms with E-state index in [9.17, 15) is 4.79 Å². The highest BCUT2D eigenvalue weighted by Gasteiger charge is 2.24. The molecule has 4 rings (SSSR count). The van der Waals surface area contributed by atoms with Crippen molar-refractivity contribution in [3.05, 3.63) is 61.9 Å². The Kier molecular flexibility index (Phi) is 5.69. The third-order valence-corrected chi connectivity index (χ3v) is 6.68. The van der Waals surface area contributed by atoms with Crippen molar-refractivity contribution in [2.24, 2.45) is 0 Å². The summed E-state index contributed by atoms with van der Waals surface area (Å²) in [5.74, 6) is 0.975. The standard InChI is InChI=1S/C22H24BrClN4O/c1-13(2)15-6-4-5-7-19(15)28-20-11-17(23)18(24)10-16(20)21(26-22(28)29)27-9-8-25-12-14(27)3/h4-7,10-11,13-14,25H,8-9,12H2,1-3H3/t14-/m0/s1. The van der Waals surface area contributed by atoms with Crippen molar-refractivity contribution in [2.45, 2.75) is 32.7 Å². The Bertz CT molecular complexity index is 1130. The Morgan fingerprint density at radius 1 is 1.28 bits per heavy atom. The molecule has 0 bridgehead atoms. The summed E-state index contributed by atoms with van der Waals surface area (Å²) in [7, 11) is 0. The number of aromatic nitrogens is 2. The Morgan fingerprint density at radius 3 is 2.76 bits per heavy atom. The lowest BCUT2D eigenvalue weighted by molar-refractivity contribution is 0.497. The number of nitrogens with zero attached hydrogens (tertiary/aromatic N) is 3. The van der Waals surface area contributed by atoms with Crippen LogP contribution >= 0.6 is 27.5 Å². The van der Waals surface area contributed by atoms with Crippen molar-refractivity contribution in [3.8, 4) is 5.69 Å². The van der Waals surface area contributed by atoms with Crippen LogP contribution in [0.5, 0.6) is 0 Å². The number of benzene rings is 2. The van der Waals surface area contributed by atoms with Crippen molar-refractivity contribution in [3.63, 3.8) is 0 Å². The second kappa shape index (κ2) is 8.09. The van der Waals surface area contributed by atoms with Gasteiger partial charge in [-0.2, -0.15) is 4.98 Å². The van der Waals surface area contributed by atoms with Crippen LogP contribution in [0.15, 0.2) is 45.7 Å². The van der Waals surface area contributed by atoms with E-state index in [1.165, 1.54) is 0 Å². The van der Waals surface area contributed by atoms with Crippen molar-refractivity contribution in [1.82, 2.24) is 14.9 Å². The first-order valence-corrected chi connectivity index (χ1v) is 11.0. The molecule has 5 nitrogen and oxygen atoms in total. The SMILES string of the molecule is CC(C)c1ccccc1-n1c(=O)nc(N2CCNC[C@@H]2C)c2cc(Cl)c(Br)cc21. The average Bonchev–Trinajstić information content (AvgIpc) is 2.69. The fraction of sp³-hybridized carbons (Fsp3) is 0.364. The van der Waals surface area contributed by atoms with Gasteiger partial charge in [0.15, 0.2) is 0 Å². The molecule has 0 radical (unpaired) electrons. The number of piperazine rings is 1. The van der Waals surface area contributed by atoms with E-state index in [0.29, 0.717) is 10.8 Å². The first kappa shape index (κ1) is 20.4. The first-order chi connectivity index (χ1) is 13.9. The summed E-state index contributed by atoms with van der Waals surface area (Å²) in [4.78, 5) is 20.1. The number of anilines is 1. The Balaban J connectivity index is 2.06. The summed E-state index contributed by atoms with van der Waals surface area (Å²) >= 11 is 10.00. The maximum atomic E-state index is 13.3. The summed E-state index contributed by atoms with van der Waals surface area (Å²) in [6.07, 6.45) is 0. The minimum Gasteiger partial charge on any atom is -0.351 e. The number of nitrogens with one attached hydrogen (secondary N) is 1. The van der Waals surface area contributed by atoms with Crippen LogP contribution in [0.1, 0.15) is 32.3 Å².